The standard InChI is InChI=1S/C7H5ClFIS/c1-11-5-3-2-4(8)6(9)7(5)10/h2-3H,1H3. The molecule has 0 aromatic heterocycles. The Bertz CT molecular complexity index is 277. The third-order valence-corrected chi connectivity index (χ3v) is 3.71. The predicted octanol–water partition coefficient (Wildman–Crippen LogP) is 3.81. The minimum atomic E-state index is -0.320. The van der Waals surface area contributed by atoms with Crippen LogP contribution in [0, 0.1) is 9.39 Å². The summed E-state index contributed by atoms with van der Waals surface area (Å²) in [6, 6.07) is 3.39. The molecule has 0 nitrogen and oxygen atoms in total. The molecule has 4 heteroatoms. The molecule has 0 aliphatic carbocycles. The first kappa shape index (κ1) is 9.61. The lowest BCUT2D eigenvalue weighted by Crippen LogP contribution is -1.85. The maximum Gasteiger partial charge on any atom is 0.156 e. The fourth-order valence-electron chi connectivity index (χ4n) is 0.666. The zero-order valence-corrected chi connectivity index (χ0v) is 9.43. The van der Waals surface area contributed by atoms with E-state index in [0.717, 1.165) is 4.90 Å². The van der Waals surface area contributed by atoms with Gasteiger partial charge in [0.15, 0.2) is 5.82 Å². The first-order chi connectivity index (χ1) is 5.16. The van der Waals surface area contributed by atoms with Gasteiger partial charge in [0.2, 0.25) is 0 Å². The van der Waals surface area contributed by atoms with Gasteiger partial charge in [0, 0.05) is 4.90 Å². The van der Waals surface area contributed by atoms with Gasteiger partial charge >= 0.3 is 0 Å². The van der Waals surface area contributed by atoms with Crippen molar-refractivity contribution in [1.29, 1.82) is 0 Å². The van der Waals surface area contributed by atoms with E-state index >= 15 is 0 Å². The Morgan fingerprint density at radius 3 is 2.73 bits per heavy atom. The molecule has 0 heterocycles. The van der Waals surface area contributed by atoms with E-state index in [2.05, 4.69) is 0 Å². The molecule has 1 aromatic carbocycles. The molecule has 0 fully saturated rings. The third-order valence-electron chi connectivity index (χ3n) is 1.22. The van der Waals surface area contributed by atoms with Crippen LogP contribution < -0.4 is 0 Å². The summed E-state index contributed by atoms with van der Waals surface area (Å²) in [6.45, 7) is 0. The zero-order valence-electron chi connectivity index (χ0n) is 5.70. The SMILES string of the molecule is CSc1ccc(Cl)c(F)c1I. The molecule has 1 aromatic rings. The summed E-state index contributed by atoms with van der Waals surface area (Å²) in [7, 11) is 0. The van der Waals surface area contributed by atoms with Crippen molar-refractivity contribution in [2.75, 3.05) is 6.26 Å². The third kappa shape index (κ3) is 2.00. The van der Waals surface area contributed by atoms with Crippen molar-refractivity contribution in [3.63, 3.8) is 0 Å². The van der Waals surface area contributed by atoms with Crippen LogP contribution in [-0.4, -0.2) is 6.26 Å². The van der Waals surface area contributed by atoms with Crippen LogP contribution in [0.1, 0.15) is 0 Å². The number of hydrogen-bond acceptors (Lipinski definition) is 1. The van der Waals surface area contributed by atoms with Crippen LogP contribution in [-0.2, 0) is 0 Å². The molecule has 1 rings (SSSR count). The average Bonchev–Trinajstić information content (AvgIpc) is 2.01. The molecule has 0 unspecified atom stereocenters. The topological polar surface area (TPSA) is 0 Å². The number of benzene rings is 1. The fourth-order valence-corrected chi connectivity index (χ4v) is 2.59. The Morgan fingerprint density at radius 2 is 2.18 bits per heavy atom. The van der Waals surface area contributed by atoms with E-state index in [1.165, 1.54) is 11.8 Å². The van der Waals surface area contributed by atoms with Crippen molar-refractivity contribution in [1.82, 2.24) is 0 Å². The summed E-state index contributed by atoms with van der Waals surface area (Å²) >= 11 is 9.02. The van der Waals surface area contributed by atoms with Gasteiger partial charge in [-0.1, -0.05) is 11.6 Å². The van der Waals surface area contributed by atoms with E-state index in [4.69, 9.17) is 11.6 Å². The van der Waals surface area contributed by atoms with E-state index < -0.39 is 0 Å². The second kappa shape index (κ2) is 3.96. The smallest absolute Gasteiger partial charge is 0.156 e. The average molecular weight is 303 g/mol. The maximum atomic E-state index is 13.0. The zero-order chi connectivity index (χ0) is 8.43. The van der Waals surface area contributed by atoms with Gasteiger partial charge in [0.05, 0.1) is 8.59 Å². The normalized spacial score (nSPS) is 10.2. The Labute approximate surface area is 87.7 Å². The summed E-state index contributed by atoms with van der Waals surface area (Å²) < 4.78 is 13.6. The van der Waals surface area contributed by atoms with Gasteiger partial charge in [0.1, 0.15) is 0 Å². The van der Waals surface area contributed by atoms with Gasteiger partial charge in [-0.3, -0.25) is 0 Å². The highest BCUT2D eigenvalue weighted by Crippen LogP contribution is 2.28. The lowest BCUT2D eigenvalue weighted by Gasteiger charge is -2.02. The van der Waals surface area contributed by atoms with E-state index in [0.29, 0.717) is 3.57 Å². The van der Waals surface area contributed by atoms with Crippen molar-refractivity contribution in [3.05, 3.63) is 26.5 Å². The van der Waals surface area contributed by atoms with E-state index in [-0.39, 0.29) is 10.8 Å². The maximum absolute atomic E-state index is 13.0. The molecule has 0 spiro atoms. The van der Waals surface area contributed by atoms with Crippen molar-refractivity contribution >= 4 is 46.0 Å². The van der Waals surface area contributed by atoms with Crippen molar-refractivity contribution in [2.24, 2.45) is 0 Å². The van der Waals surface area contributed by atoms with Gasteiger partial charge in [0.25, 0.3) is 0 Å². The second-order valence-electron chi connectivity index (χ2n) is 1.88. The molecular weight excluding hydrogens is 297 g/mol. The number of thioether (sulfide) groups is 1. The second-order valence-corrected chi connectivity index (χ2v) is 4.21. The lowest BCUT2D eigenvalue weighted by molar-refractivity contribution is 0.616. The van der Waals surface area contributed by atoms with E-state index in [9.17, 15) is 4.39 Å². The molecule has 0 amide bonds. The molecule has 0 aliphatic heterocycles. The summed E-state index contributed by atoms with van der Waals surface area (Å²) in [5.74, 6) is -0.320. The molecular formula is C7H5ClFIS. The Balaban J connectivity index is 3.25. The first-order valence-electron chi connectivity index (χ1n) is 2.84. The van der Waals surface area contributed by atoms with Crippen LogP contribution in [0.25, 0.3) is 0 Å². The van der Waals surface area contributed by atoms with Gasteiger partial charge in [-0.15, -0.1) is 11.8 Å². The van der Waals surface area contributed by atoms with Crippen molar-refractivity contribution in [2.45, 2.75) is 4.90 Å². The van der Waals surface area contributed by atoms with Gasteiger partial charge in [-0.25, -0.2) is 4.39 Å². The van der Waals surface area contributed by atoms with E-state index in [1.807, 2.05) is 34.9 Å². The Morgan fingerprint density at radius 1 is 1.55 bits per heavy atom. The van der Waals surface area contributed by atoms with E-state index in [1.54, 1.807) is 6.07 Å². The monoisotopic (exact) mass is 302 g/mol. The number of hydrogen-bond donors (Lipinski definition) is 0. The number of halogens is 3. The number of rotatable bonds is 1. The van der Waals surface area contributed by atoms with Gasteiger partial charge < -0.3 is 0 Å². The van der Waals surface area contributed by atoms with Crippen LogP contribution in [0.3, 0.4) is 0 Å². The molecule has 0 aliphatic rings. The molecule has 0 N–H and O–H groups in total. The van der Waals surface area contributed by atoms with Crippen LogP contribution in [0.4, 0.5) is 4.39 Å². The summed E-state index contributed by atoms with van der Waals surface area (Å²) in [5.41, 5.74) is 0. The highest BCUT2D eigenvalue weighted by molar-refractivity contribution is 14.1. The summed E-state index contributed by atoms with van der Waals surface area (Å²) in [5, 5.41) is 0.187. The molecule has 11 heavy (non-hydrogen) atoms. The predicted molar refractivity (Wildman–Crippen MR) is 55.9 cm³/mol. The minimum Gasteiger partial charge on any atom is -0.204 e. The van der Waals surface area contributed by atoms with Crippen molar-refractivity contribution < 1.29 is 4.39 Å². The highest BCUT2D eigenvalue weighted by Gasteiger charge is 2.07. The fraction of sp³-hybridized carbons (Fsp3) is 0.143. The molecule has 0 atom stereocenters. The van der Waals surface area contributed by atoms with Crippen LogP contribution in [0.15, 0.2) is 17.0 Å². The van der Waals surface area contributed by atoms with Crippen molar-refractivity contribution in [3.8, 4) is 0 Å². The van der Waals surface area contributed by atoms with Crippen LogP contribution >= 0.6 is 46.0 Å². The minimum absolute atomic E-state index is 0.187. The van der Waals surface area contributed by atoms with Crippen LogP contribution in [0.5, 0.6) is 0 Å². The molecule has 60 valence electrons. The molecule has 0 saturated carbocycles. The molecule has 0 bridgehead atoms. The van der Waals surface area contributed by atoms with Crippen LogP contribution in [0.2, 0.25) is 5.02 Å². The largest absolute Gasteiger partial charge is 0.204 e. The van der Waals surface area contributed by atoms with Gasteiger partial charge in [-0.05, 0) is 41.0 Å². The first-order valence-corrected chi connectivity index (χ1v) is 5.52. The highest BCUT2D eigenvalue weighted by atomic mass is 127. The summed E-state index contributed by atoms with van der Waals surface area (Å²) in [6.07, 6.45) is 1.91. The molecule has 0 radical (unpaired) electrons. The Kier molecular flexibility index (Phi) is 3.46. The Hall–Kier alpha value is 0.520. The summed E-state index contributed by atoms with van der Waals surface area (Å²) in [4.78, 5) is 0.924. The van der Waals surface area contributed by atoms with Gasteiger partial charge in [-0.2, -0.15) is 0 Å². The lowest BCUT2D eigenvalue weighted by atomic mass is 10.3. The quantitative estimate of drug-likeness (QED) is 0.432. The molecule has 0 saturated heterocycles.